The summed E-state index contributed by atoms with van der Waals surface area (Å²) in [6.45, 7) is 4.69. The van der Waals surface area contributed by atoms with Crippen LogP contribution >= 0.6 is 0 Å². The molecule has 106 valence electrons. The van der Waals surface area contributed by atoms with Crippen molar-refractivity contribution in [2.45, 2.75) is 70.5 Å². The van der Waals surface area contributed by atoms with Gasteiger partial charge < -0.3 is 14.6 Å². The number of unbranched alkanes of at least 4 members (excludes halogenated alkanes) is 5. The highest BCUT2D eigenvalue weighted by molar-refractivity contribution is 5.76. The zero-order chi connectivity index (χ0) is 13.4. The van der Waals surface area contributed by atoms with Crippen molar-refractivity contribution in [3.63, 3.8) is 0 Å². The molecule has 0 aliphatic carbocycles. The Morgan fingerprint density at radius 2 is 1.78 bits per heavy atom. The van der Waals surface area contributed by atoms with Gasteiger partial charge in [0.1, 0.15) is 0 Å². The molecule has 1 atom stereocenters. The van der Waals surface area contributed by atoms with E-state index < -0.39 is 11.6 Å². The van der Waals surface area contributed by atoms with E-state index in [0.717, 1.165) is 19.4 Å². The first-order valence-corrected chi connectivity index (χ1v) is 7.01. The van der Waals surface area contributed by atoms with Gasteiger partial charge in [0.15, 0.2) is 5.60 Å². The zero-order valence-electron chi connectivity index (χ0n) is 11.6. The van der Waals surface area contributed by atoms with Gasteiger partial charge in [-0.25, -0.2) is 4.79 Å². The third kappa shape index (κ3) is 6.97. The minimum atomic E-state index is -1.05. The molecule has 0 aromatic rings. The fourth-order valence-electron chi connectivity index (χ4n) is 1.80. The number of aliphatic carboxylic acids is 1. The van der Waals surface area contributed by atoms with Gasteiger partial charge in [0, 0.05) is 6.61 Å². The van der Waals surface area contributed by atoms with E-state index in [9.17, 15) is 4.79 Å². The van der Waals surface area contributed by atoms with Gasteiger partial charge >= 0.3 is 5.97 Å². The summed E-state index contributed by atoms with van der Waals surface area (Å²) in [6, 6.07) is 0. The summed E-state index contributed by atoms with van der Waals surface area (Å²) in [5.41, 5.74) is -1.05. The second kappa shape index (κ2) is 7.74. The van der Waals surface area contributed by atoms with E-state index in [1.807, 2.05) is 0 Å². The highest BCUT2D eigenvalue weighted by atomic mass is 16.6. The topological polar surface area (TPSA) is 59.1 Å². The fourth-order valence-corrected chi connectivity index (χ4v) is 1.80. The minimum absolute atomic E-state index is 0.537. The van der Waals surface area contributed by atoms with Crippen LogP contribution in [0.25, 0.3) is 0 Å². The average molecular weight is 258 g/mol. The molecule has 0 aromatic heterocycles. The van der Waals surface area contributed by atoms with Crippen LogP contribution in [0.1, 0.15) is 58.8 Å². The van der Waals surface area contributed by atoms with Crippen molar-refractivity contribution < 1.29 is 19.4 Å². The third-order valence-electron chi connectivity index (χ3n) is 3.30. The van der Waals surface area contributed by atoms with E-state index in [-0.39, 0.29) is 0 Å². The molecule has 1 aliphatic rings. The smallest absolute Gasteiger partial charge is 0.335 e. The maximum Gasteiger partial charge on any atom is 0.335 e. The van der Waals surface area contributed by atoms with E-state index in [1.165, 1.54) is 32.1 Å². The van der Waals surface area contributed by atoms with Gasteiger partial charge in [-0.05, 0) is 26.7 Å². The van der Waals surface area contributed by atoms with Crippen molar-refractivity contribution in [2.75, 3.05) is 13.2 Å². The van der Waals surface area contributed by atoms with Gasteiger partial charge in [-0.2, -0.15) is 0 Å². The van der Waals surface area contributed by atoms with Gasteiger partial charge in [0.05, 0.1) is 12.7 Å². The number of ether oxygens (including phenoxy) is 2. The summed E-state index contributed by atoms with van der Waals surface area (Å²) in [6.07, 6.45) is 8.87. The second-order valence-electron chi connectivity index (χ2n) is 5.53. The molecule has 0 spiro atoms. The largest absolute Gasteiger partial charge is 0.479 e. The van der Waals surface area contributed by atoms with Crippen LogP contribution in [0.15, 0.2) is 0 Å². The van der Waals surface area contributed by atoms with Gasteiger partial charge in [-0.15, -0.1) is 0 Å². The molecule has 0 saturated carbocycles. The maximum absolute atomic E-state index is 10.8. The normalized spacial score (nSPS) is 18.9. The Kier molecular flexibility index (Phi) is 6.65. The SMILES string of the molecule is CC(C)(OCCCCCCCCC1CO1)C(=O)O. The molecule has 1 heterocycles. The molecule has 1 saturated heterocycles. The van der Waals surface area contributed by atoms with Gasteiger partial charge in [-0.1, -0.05) is 32.1 Å². The van der Waals surface area contributed by atoms with Crippen molar-refractivity contribution in [2.24, 2.45) is 0 Å². The lowest BCUT2D eigenvalue weighted by molar-refractivity contribution is -0.161. The summed E-state index contributed by atoms with van der Waals surface area (Å²) in [5, 5.41) is 8.86. The maximum atomic E-state index is 10.8. The number of carboxylic acid groups (broad SMARTS) is 1. The highest BCUT2D eigenvalue weighted by Crippen LogP contribution is 2.18. The van der Waals surface area contributed by atoms with E-state index in [0.29, 0.717) is 12.7 Å². The number of epoxide rings is 1. The van der Waals surface area contributed by atoms with Crippen molar-refractivity contribution in [1.82, 2.24) is 0 Å². The molecule has 1 fully saturated rings. The molecule has 0 aromatic carbocycles. The molecule has 0 bridgehead atoms. The Labute approximate surface area is 110 Å². The quantitative estimate of drug-likeness (QED) is 0.457. The highest BCUT2D eigenvalue weighted by Gasteiger charge is 2.27. The van der Waals surface area contributed by atoms with Crippen LogP contribution < -0.4 is 0 Å². The van der Waals surface area contributed by atoms with E-state index in [4.69, 9.17) is 14.6 Å². The Hall–Kier alpha value is -0.610. The summed E-state index contributed by atoms with van der Waals surface area (Å²) in [5.74, 6) is -0.898. The number of rotatable bonds is 11. The fraction of sp³-hybridized carbons (Fsp3) is 0.929. The second-order valence-corrected chi connectivity index (χ2v) is 5.53. The number of hydrogen-bond donors (Lipinski definition) is 1. The van der Waals surface area contributed by atoms with E-state index in [2.05, 4.69) is 0 Å². The molecule has 1 rings (SSSR count). The molecule has 0 radical (unpaired) electrons. The summed E-state index contributed by atoms with van der Waals surface area (Å²) < 4.78 is 10.5. The molecule has 1 unspecified atom stereocenters. The monoisotopic (exact) mass is 258 g/mol. The lowest BCUT2D eigenvalue weighted by Gasteiger charge is -2.19. The standard InChI is InChI=1S/C14H26O4/c1-14(2,13(15)16)18-10-8-6-4-3-5-7-9-12-11-17-12/h12H,3-11H2,1-2H3,(H,15,16). The molecule has 4 heteroatoms. The van der Waals surface area contributed by atoms with Crippen molar-refractivity contribution in [3.05, 3.63) is 0 Å². The molecule has 18 heavy (non-hydrogen) atoms. The van der Waals surface area contributed by atoms with Crippen LogP contribution in [0.4, 0.5) is 0 Å². The average Bonchev–Trinajstić information content (AvgIpc) is 3.10. The molecular weight excluding hydrogens is 232 g/mol. The zero-order valence-corrected chi connectivity index (χ0v) is 11.6. The Morgan fingerprint density at radius 3 is 2.33 bits per heavy atom. The van der Waals surface area contributed by atoms with Crippen LogP contribution in [-0.4, -0.2) is 36.0 Å². The predicted molar refractivity (Wildman–Crippen MR) is 69.7 cm³/mol. The molecule has 4 nitrogen and oxygen atoms in total. The van der Waals surface area contributed by atoms with Crippen LogP contribution in [0.2, 0.25) is 0 Å². The summed E-state index contributed by atoms with van der Waals surface area (Å²) >= 11 is 0. The van der Waals surface area contributed by atoms with Gasteiger partial charge in [-0.3, -0.25) is 0 Å². The molecule has 1 N–H and O–H groups in total. The van der Waals surface area contributed by atoms with Crippen molar-refractivity contribution in [1.29, 1.82) is 0 Å². The van der Waals surface area contributed by atoms with Crippen LogP contribution in [0.5, 0.6) is 0 Å². The van der Waals surface area contributed by atoms with Crippen LogP contribution in [-0.2, 0) is 14.3 Å². The Bertz CT molecular complexity index is 246. The number of hydrogen-bond acceptors (Lipinski definition) is 3. The number of carbonyl (C=O) groups is 1. The van der Waals surface area contributed by atoms with Gasteiger partial charge in [0.2, 0.25) is 0 Å². The lowest BCUT2D eigenvalue weighted by Crippen LogP contribution is -2.35. The van der Waals surface area contributed by atoms with Crippen molar-refractivity contribution >= 4 is 5.97 Å². The Morgan fingerprint density at radius 1 is 1.22 bits per heavy atom. The van der Waals surface area contributed by atoms with Gasteiger partial charge in [0.25, 0.3) is 0 Å². The molecule has 0 amide bonds. The minimum Gasteiger partial charge on any atom is -0.479 e. The van der Waals surface area contributed by atoms with Crippen LogP contribution in [0.3, 0.4) is 0 Å². The summed E-state index contributed by atoms with van der Waals surface area (Å²) in [4.78, 5) is 10.8. The van der Waals surface area contributed by atoms with Crippen LogP contribution in [0, 0.1) is 0 Å². The molecule has 1 aliphatic heterocycles. The summed E-state index contributed by atoms with van der Waals surface area (Å²) in [7, 11) is 0. The molecular formula is C14H26O4. The first-order chi connectivity index (χ1) is 8.52. The number of carboxylic acids is 1. The van der Waals surface area contributed by atoms with E-state index in [1.54, 1.807) is 13.8 Å². The predicted octanol–water partition coefficient (Wildman–Crippen LogP) is 3.00. The third-order valence-corrected chi connectivity index (χ3v) is 3.30. The first kappa shape index (κ1) is 15.4. The first-order valence-electron chi connectivity index (χ1n) is 7.01. The van der Waals surface area contributed by atoms with Crippen molar-refractivity contribution in [3.8, 4) is 0 Å². The van der Waals surface area contributed by atoms with E-state index >= 15 is 0 Å². The lowest BCUT2D eigenvalue weighted by atomic mass is 10.1. The Balaban J connectivity index is 1.81.